The van der Waals surface area contributed by atoms with Crippen molar-refractivity contribution in [2.75, 3.05) is 6.54 Å². The number of aryl methyl sites for hydroxylation is 1. The van der Waals surface area contributed by atoms with Gasteiger partial charge in [0.05, 0.1) is 0 Å². The maximum absolute atomic E-state index is 3.60. The van der Waals surface area contributed by atoms with E-state index in [-0.39, 0.29) is 0 Å². The van der Waals surface area contributed by atoms with Crippen molar-refractivity contribution < 1.29 is 0 Å². The monoisotopic (exact) mass is 263 g/mol. The van der Waals surface area contributed by atoms with Crippen molar-refractivity contribution in [1.82, 2.24) is 5.32 Å². The summed E-state index contributed by atoms with van der Waals surface area (Å²) in [5.74, 6) is 0.741. The largest absolute Gasteiger partial charge is 0.311 e. The van der Waals surface area contributed by atoms with E-state index >= 15 is 0 Å². The van der Waals surface area contributed by atoms with E-state index in [1.807, 2.05) is 22.7 Å². The maximum Gasteiger partial charge on any atom is 0.0299 e. The molecule has 2 aromatic heterocycles. The first kappa shape index (κ1) is 11.5. The third-order valence-corrected chi connectivity index (χ3v) is 5.32. The number of nitrogens with one attached hydrogen (secondary N) is 1. The second-order valence-corrected chi connectivity index (χ2v) is 6.63. The standard InChI is InChI=1S/C14H17NS2/c1-3-11(13-6-8-17-14(13)5-1)9-15-10-12-4-2-7-16-12/h2,4,6-8,11,15H,1,3,5,9-10H2. The van der Waals surface area contributed by atoms with Crippen molar-refractivity contribution in [2.45, 2.75) is 31.7 Å². The lowest BCUT2D eigenvalue weighted by molar-refractivity contribution is 0.513. The quantitative estimate of drug-likeness (QED) is 0.878. The van der Waals surface area contributed by atoms with E-state index < -0.39 is 0 Å². The Morgan fingerprint density at radius 1 is 1.24 bits per heavy atom. The summed E-state index contributed by atoms with van der Waals surface area (Å²) >= 11 is 3.77. The van der Waals surface area contributed by atoms with Crippen molar-refractivity contribution in [3.8, 4) is 0 Å². The van der Waals surface area contributed by atoms with Gasteiger partial charge in [-0.15, -0.1) is 22.7 Å². The molecule has 0 fully saturated rings. The molecule has 2 aromatic rings. The zero-order valence-corrected chi connectivity index (χ0v) is 11.4. The highest BCUT2D eigenvalue weighted by molar-refractivity contribution is 7.10. The molecule has 1 atom stereocenters. The molecule has 3 rings (SSSR count). The van der Waals surface area contributed by atoms with Gasteiger partial charge in [0.1, 0.15) is 0 Å². The van der Waals surface area contributed by atoms with Crippen LogP contribution >= 0.6 is 22.7 Å². The maximum atomic E-state index is 3.60. The predicted octanol–water partition coefficient (Wildman–Crippen LogP) is 4.02. The Kier molecular flexibility index (Phi) is 3.60. The lowest BCUT2D eigenvalue weighted by Crippen LogP contribution is -2.23. The molecule has 1 aliphatic carbocycles. The second-order valence-electron chi connectivity index (χ2n) is 4.60. The molecule has 0 amide bonds. The molecule has 1 unspecified atom stereocenters. The average molecular weight is 263 g/mol. The summed E-state index contributed by atoms with van der Waals surface area (Å²) in [6.45, 7) is 2.15. The van der Waals surface area contributed by atoms with Crippen LogP contribution in [-0.4, -0.2) is 6.54 Å². The van der Waals surface area contributed by atoms with Gasteiger partial charge in [0.15, 0.2) is 0 Å². The Bertz CT molecular complexity index is 458. The lowest BCUT2D eigenvalue weighted by atomic mass is 9.88. The molecule has 1 N–H and O–H groups in total. The predicted molar refractivity (Wildman–Crippen MR) is 76.0 cm³/mol. The van der Waals surface area contributed by atoms with Gasteiger partial charge in [-0.3, -0.25) is 0 Å². The molecule has 0 spiro atoms. The Morgan fingerprint density at radius 3 is 3.12 bits per heavy atom. The minimum atomic E-state index is 0.741. The van der Waals surface area contributed by atoms with Gasteiger partial charge < -0.3 is 5.32 Å². The van der Waals surface area contributed by atoms with Crippen LogP contribution in [-0.2, 0) is 13.0 Å². The third kappa shape index (κ3) is 2.62. The Morgan fingerprint density at radius 2 is 2.24 bits per heavy atom. The molecule has 0 bridgehead atoms. The van der Waals surface area contributed by atoms with Crippen molar-refractivity contribution in [1.29, 1.82) is 0 Å². The second kappa shape index (κ2) is 5.34. The fourth-order valence-electron chi connectivity index (χ4n) is 2.58. The van der Waals surface area contributed by atoms with Crippen molar-refractivity contribution in [2.24, 2.45) is 0 Å². The summed E-state index contributed by atoms with van der Waals surface area (Å²) in [7, 11) is 0. The van der Waals surface area contributed by atoms with E-state index in [1.165, 1.54) is 24.1 Å². The van der Waals surface area contributed by atoms with Gasteiger partial charge in [0, 0.05) is 22.8 Å². The molecule has 17 heavy (non-hydrogen) atoms. The summed E-state index contributed by atoms with van der Waals surface area (Å²) < 4.78 is 0. The van der Waals surface area contributed by atoms with Crippen LogP contribution in [0.3, 0.4) is 0 Å². The molecule has 0 aromatic carbocycles. The molecule has 1 nitrogen and oxygen atoms in total. The van der Waals surface area contributed by atoms with Crippen LogP contribution in [0.5, 0.6) is 0 Å². The molecule has 0 radical (unpaired) electrons. The molecule has 90 valence electrons. The number of rotatable bonds is 4. The summed E-state index contributed by atoms with van der Waals surface area (Å²) in [5, 5.41) is 8.00. The van der Waals surface area contributed by atoms with E-state index in [0.29, 0.717) is 0 Å². The van der Waals surface area contributed by atoms with Crippen LogP contribution in [0.25, 0.3) is 0 Å². The number of hydrogen-bond acceptors (Lipinski definition) is 3. The average Bonchev–Trinajstić information content (AvgIpc) is 2.99. The van der Waals surface area contributed by atoms with Gasteiger partial charge in [-0.2, -0.15) is 0 Å². The van der Waals surface area contributed by atoms with Gasteiger partial charge in [0.2, 0.25) is 0 Å². The highest BCUT2D eigenvalue weighted by Gasteiger charge is 2.20. The smallest absolute Gasteiger partial charge is 0.0299 e. The Balaban J connectivity index is 1.57. The summed E-state index contributed by atoms with van der Waals surface area (Å²) in [5.41, 5.74) is 1.61. The van der Waals surface area contributed by atoms with Crippen LogP contribution in [0.1, 0.15) is 34.1 Å². The van der Waals surface area contributed by atoms with Crippen LogP contribution in [0.4, 0.5) is 0 Å². The van der Waals surface area contributed by atoms with Crippen molar-refractivity contribution in [3.63, 3.8) is 0 Å². The SMILES string of the molecule is c1csc(CNCC2CCCc3sccc32)c1. The number of hydrogen-bond donors (Lipinski definition) is 1. The molecule has 0 aliphatic heterocycles. The Labute approximate surface area is 111 Å². The van der Waals surface area contributed by atoms with Gasteiger partial charge >= 0.3 is 0 Å². The van der Waals surface area contributed by atoms with E-state index in [2.05, 4.69) is 34.3 Å². The van der Waals surface area contributed by atoms with E-state index in [0.717, 1.165) is 19.0 Å². The normalized spacial score (nSPS) is 19.2. The van der Waals surface area contributed by atoms with E-state index in [4.69, 9.17) is 0 Å². The van der Waals surface area contributed by atoms with Gasteiger partial charge in [-0.05, 0) is 53.6 Å². The molecular weight excluding hydrogens is 246 g/mol. The minimum Gasteiger partial charge on any atom is -0.311 e. The number of thiophene rings is 2. The molecule has 2 heterocycles. The highest BCUT2D eigenvalue weighted by Crippen LogP contribution is 2.34. The first-order valence-corrected chi connectivity index (χ1v) is 7.99. The summed E-state index contributed by atoms with van der Waals surface area (Å²) in [6, 6.07) is 6.66. The molecule has 0 saturated heterocycles. The molecule has 1 aliphatic rings. The van der Waals surface area contributed by atoms with Crippen molar-refractivity contribution >= 4 is 22.7 Å². The lowest BCUT2D eigenvalue weighted by Gasteiger charge is -2.22. The first-order chi connectivity index (χ1) is 8.43. The van der Waals surface area contributed by atoms with Crippen LogP contribution in [0.2, 0.25) is 0 Å². The molecular formula is C14H17NS2. The van der Waals surface area contributed by atoms with Crippen molar-refractivity contribution in [3.05, 3.63) is 44.3 Å². The zero-order chi connectivity index (χ0) is 11.5. The fraction of sp³-hybridized carbons (Fsp3) is 0.429. The molecule has 0 saturated carbocycles. The minimum absolute atomic E-state index is 0.741. The van der Waals surface area contributed by atoms with Crippen LogP contribution < -0.4 is 5.32 Å². The van der Waals surface area contributed by atoms with Crippen LogP contribution in [0.15, 0.2) is 29.0 Å². The topological polar surface area (TPSA) is 12.0 Å². The van der Waals surface area contributed by atoms with Gasteiger partial charge in [0.25, 0.3) is 0 Å². The highest BCUT2D eigenvalue weighted by atomic mass is 32.1. The Hall–Kier alpha value is -0.640. The van der Waals surface area contributed by atoms with E-state index in [9.17, 15) is 0 Å². The van der Waals surface area contributed by atoms with E-state index in [1.54, 1.807) is 10.4 Å². The van der Waals surface area contributed by atoms with Gasteiger partial charge in [-0.1, -0.05) is 6.07 Å². The van der Waals surface area contributed by atoms with Crippen LogP contribution in [0, 0.1) is 0 Å². The summed E-state index contributed by atoms with van der Waals surface area (Å²) in [6.07, 6.45) is 4.01. The first-order valence-electron chi connectivity index (χ1n) is 6.23. The summed E-state index contributed by atoms with van der Waals surface area (Å²) in [4.78, 5) is 3.06. The molecule has 3 heteroatoms. The zero-order valence-electron chi connectivity index (χ0n) is 9.82. The third-order valence-electron chi connectivity index (χ3n) is 3.45. The van der Waals surface area contributed by atoms with Gasteiger partial charge in [-0.25, -0.2) is 0 Å². The number of fused-ring (bicyclic) bond motifs is 1. The fourth-order valence-corrected chi connectivity index (χ4v) is 4.26.